The minimum absolute atomic E-state index is 0.438. The maximum absolute atomic E-state index is 5.07. The molecule has 0 heterocycles. The van der Waals surface area contributed by atoms with Gasteiger partial charge in [-0.1, -0.05) is 34.1 Å². The van der Waals surface area contributed by atoms with Crippen molar-refractivity contribution < 1.29 is 4.74 Å². The third kappa shape index (κ3) is 4.41. The van der Waals surface area contributed by atoms with E-state index >= 15 is 0 Å². The van der Waals surface area contributed by atoms with Crippen LogP contribution in [0, 0.1) is 11.3 Å². The zero-order valence-corrected chi connectivity index (χ0v) is 8.61. The number of methoxy groups -OCH3 is 1. The fourth-order valence-electron chi connectivity index (χ4n) is 1.51. The first-order valence-corrected chi connectivity index (χ1v) is 4.51. The van der Waals surface area contributed by atoms with E-state index in [0.29, 0.717) is 5.41 Å². The summed E-state index contributed by atoms with van der Waals surface area (Å²) in [5.41, 5.74) is 0.438. The molecule has 0 rings (SSSR count). The highest BCUT2D eigenvalue weighted by Crippen LogP contribution is 2.30. The summed E-state index contributed by atoms with van der Waals surface area (Å²) in [6.45, 7) is 10.1. The average molecular weight is 158 g/mol. The van der Waals surface area contributed by atoms with E-state index in [2.05, 4.69) is 27.7 Å². The molecule has 0 saturated carbocycles. The Labute approximate surface area is 71.1 Å². The normalized spacial score (nSPS) is 15.0. The molecule has 0 amide bonds. The van der Waals surface area contributed by atoms with Crippen LogP contribution in [0.15, 0.2) is 0 Å². The van der Waals surface area contributed by atoms with Gasteiger partial charge in [-0.15, -0.1) is 0 Å². The van der Waals surface area contributed by atoms with E-state index in [4.69, 9.17) is 4.74 Å². The van der Waals surface area contributed by atoms with Crippen molar-refractivity contribution in [2.75, 3.05) is 13.7 Å². The van der Waals surface area contributed by atoms with Crippen molar-refractivity contribution in [2.45, 2.75) is 40.5 Å². The smallest absolute Gasteiger partial charge is 0.0465 e. The third-order valence-electron chi connectivity index (χ3n) is 2.39. The van der Waals surface area contributed by atoms with E-state index in [1.165, 1.54) is 12.8 Å². The van der Waals surface area contributed by atoms with Crippen molar-refractivity contribution in [2.24, 2.45) is 11.3 Å². The first-order chi connectivity index (χ1) is 5.02. The topological polar surface area (TPSA) is 9.23 Å². The highest BCUT2D eigenvalue weighted by Gasteiger charge is 2.21. The van der Waals surface area contributed by atoms with Crippen LogP contribution < -0.4 is 0 Å². The molecule has 0 aliphatic carbocycles. The SMILES string of the molecule is CCC(CCOC)C(C)(C)C. The minimum Gasteiger partial charge on any atom is -0.385 e. The van der Waals surface area contributed by atoms with Crippen LogP contribution in [0.1, 0.15) is 40.5 Å². The van der Waals surface area contributed by atoms with Gasteiger partial charge in [0, 0.05) is 13.7 Å². The first-order valence-electron chi connectivity index (χ1n) is 4.51. The van der Waals surface area contributed by atoms with Crippen LogP contribution in [0.25, 0.3) is 0 Å². The lowest BCUT2D eigenvalue weighted by Gasteiger charge is -2.29. The first kappa shape index (κ1) is 11.0. The van der Waals surface area contributed by atoms with Crippen LogP contribution in [-0.4, -0.2) is 13.7 Å². The Bertz CT molecular complexity index is 91.5. The molecule has 0 aromatic heterocycles. The van der Waals surface area contributed by atoms with Gasteiger partial charge in [-0.3, -0.25) is 0 Å². The molecule has 0 aliphatic heterocycles. The van der Waals surface area contributed by atoms with Gasteiger partial charge in [-0.25, -0.2) is 0 Å². The largest absolute Gasteiger partial charge is 0.385 e. The fraction of sp³-hybridized carbons (Fsp3) is 1.00. The second kappa shape index (κ2) is 4.76. The van der Waals surface area contributed by atoms with Crippen molar-refractivity contribution in [3.05, 3.63) is 0 Å². The molecule has 0 aromatic rings. The Balaban J connectivity index is 3.76. The van der Waals surface area contributed by atoms with Crippen molar-refractivity contribution in [3.63, 3.8) is 0 Å². The Morgan fingerprint density at radius 3 is 2.09 bits per heavy atom. The summed E-state index contributed by atoms with van der Waals surface area (Å²) in [6.07, 6.45) is 2.45. The molecule has 0 N–H and O–H groups in total. The molecule has 1 unspecified atom stereocenters. The van der Waals surface area contributed by atoms with Crippen molar-refractivity contribution in [3.8, 4) is 0 Å². The molecule has 11 heavy (non-hydrogen) atoms. The van der Waals surface area contributed by atoms with E-state index in [-0.39, 0.29) is 0 Å². The molecule has 0 saturated heterocycles. The molecule has 0 spiro atoms. The molecule has 68 valence electrons. The predicted octanol–water partition coefficient (Wildman–Crippen LogP) is 3.10. The van der Waals surface area contributed by atoms with Gasteiger partial charge in [0.15, 0.2) is 0 Å². The van der Waals surface area contributed by atoms with Gasteiger partial charge < -0.3 is 4.74 Å². The highest BCUT2D eigenvalue weighted by molar-refractivity contribution is 4.72. The van der Waals surface area contributed by atoms with E-state index in [1.54, 1.807) is 7.11 Å². The Morgan fingerprint density at radius 2 is 1.82 bits per heavy atom. The summed E-state index contributed by atoms with van der Waals surface area (Å²) in [5.74, 6) is 0.794. The number of hydrogen-bond donors (Lipinski definition) is 0. The molecule has 1 nitrogen and oxygen atoms in total. The lowest BCUT2D eigenvalue weighted by atomic mass is 9.77. The van der Waals surface area contributed by atoms with Gasteiger partial charge in [0.1, 0.15) is 0 Å². The quantitative estimate of drug-likeness (QED) is 0.611. The van der Waals surface area contributed by atoms with Crippen molar-refractivity contribution >= 4 is 0 Å². The van der Waals surface area contributed by atoms with Gasteiger partial charge in [0.25, 0.3) is 0 Å². The summed E-state index contributed by atoms with van der Waals surface area (Å²) in [5, 5.41) is 0. The average Bonchev–Trinajstić information content (AvgIpc) is 1.87. The summed E-state index contributed by atoms with van der Waals surface area (Å²) in [4.78, 5) is 0. The van der Waals surface area contributed by atoms with Crippen LogP contribution >= 0.6 is 0 Å². The van der Waals surface area contributed by atoms with Crippen LogP contribution in [0.4, 0.5) is 0 Å². The van der Waals surface area contributed by atoms with Crippen LogP contribution in [0.3, 0.4) is 0 Å². The van der Waals surface area contributed by atoms with Gasteiger partial charge >= 0.3 is 0 Å². The minimum atomic E-state index is 0.438. The zero-order chi connectivity index (χ0) is 8.91. The standard InChI is InChI=1S/C10H22O/c1-6-9(7-8-11-5)10(2,3)4/h9H,6-8H2,1-5H3. The molecule has 1 atom stereocenters. The Kier molecular flexibility index (Phi) is 4.74. The zero-order valence-electron chi connectivity index (χ0n) is 8.61. The van der Waals surface area contributed by atoms with Crippen molar-refractivity contribution in [1.82, 2.24) is 0 Å². The maximum atomic E-state index is 5.07. The van der Waals surface area contributed by atoms with Crippen LogP contribution in [0.2, 0.25) is 0 Å². The van der Waals surface area contributed by atoms with E-state index in [0.717, 1.165) is 12.5 Å². The summed E-state index contributed by atoms with van der Waals surface area (Å²) in [7, 11) is 1.77. The lowest BCUT2D eigenvalue weighted by Crippen LogP contribution is -2.21. The fourth-order valence-corrected chi connectivity index (χ4v) is 1.51. The second-order valence-electron chi connectivity index (χ2n) is 4.25. The molecule has 0 bridgehead atoms. The van der Waals surface area contributed by atoms with Gasteiger partial charge in [0.2, 0.25) is 0 Å². The summed E-state index contributed by atoms with van der Waals surface area (Å²) >= 11 is 0. The summed E-state index contributed by atoms with van der Waals surface area (Å²) in [6, 6.07) is 0. The monoisotopic (exact) mass is 158 g/mol. The number of hydrogen-bond acceptors (Lipinski definition) is 1. The Morgan fingerprint density at radius 1 is 1.27 bits per heavy atom. The predicted molar refractivity (Wildman–Crippen MR) is 49.7 cm³/mol. The van der Waals surface area contributed by atoms with Crippen LogP contribution in [0.5, 0.6) is 0 Å². The second-order valence-corrected chi connectivity index (χ2v) is 4.25. The van der Waals surface area contributed by atoms with E-state index < -0.39 is 0 Å². The molecule has 0 aliphatic rings. The van der Waals surface area contributed by atoms with Crippen LogP contribution in [-0.2, 0) is 4.74 Å². The van der Waals surface area contributed by atoms with Crippen molar-refractivity contribution in [1.29, 1.82) is 0 Å². The van der Waals surface area contributed by atoms with Gasteiger partial charge in [-0.05, 0) is 17.8 Å². The Hall–Kier alpha value is -0.0400. The van der Waals surface area contributed by atoms with Gasteiger partial charge in [0.05, 0.1) is 0 Å². The molecule has 0 radical (unpaired) electrons. The number of rotatable bonds is 4. The third-order valence-corrected chi connectivity index (χ3v) is 2.39. The summed E-state index contributed by atoms with van der Waals surface area (Å²) < 4.78 is 5.07. The van der Waals surface area contributed by atoms with E-state index in [1.807, 2.05) is 0 Å². The molecule has 0 aromatic carbocycles. The van der Waals surface area contributed by atoms with Gasteiger partial charge in [-0.2, -0.15) is 0 Å². The van der Waals surface area contributed by atoms with E-state index in [9.17, 15) is 0 Å². The number of ether oxygens (including phenoxy) is 1. The lowest BCUT2D eigenvalue weighted by molar-refractivity contribution is 0.134. The maximum Gasteiger partial charge on any atom is 0.0465 e. The molecule has 0 fully saturated rings. The highest BCUT2D eigenvalue weighted by atomic mass is 16.5. The molecular weight excluding hydrogens is 136 g/mol. The molecular formula is C10H22O. The molecule has 1 heteroatoms.